The van der Waals surface area contributed by atoms with Crippen molar-refractivity contribution in [3.63, 3.8) is 0 Å². The highest BCUT2D eigenvalue weighted by atomic mass is 16.3. The summed E-state index contributed by atoms with van der Waals surface area (Å²) in [6.07, 6.45) is 3.39. The molecule has 3 nitrogen and oxygen atoms in total. The second-order valence-electron chi connectivity index (χ2n) is 2.46. The van der Waals surface area contributed by atoms with Crippen LogP contribution in [0.2, 0.25) is 0 Å². The van der Waals surface area contributed by atoms with Gasteiger partial charge >= 0.3 is 0 Å². The second-order valence-corrected chi connectivity index (χ2v) is 2.46. The summed E-state index contributed by atoms with van der Waals surface area (Å²) in [5, 5.41) is 1.04. The zero-order chi connectivity index (χ0) is 7.84. The summed E-state index contributed by atoms with van der Waals surface area (Å²) in [6, 6.07) is 1.89. The van der Waals surface area contributed by atoms with E-state index in [2.05, 4.69) is 4.98 Å². The molecule has 0 aliphatic heterocycles. The van der Waals surface area contributed by atoms with Crippen molar-refractivity contribution < 1.29 is 4.42 Å². The number of hydrogen-bond donors (Lipinski definition) is 1. The Labute approximate surface area is 63.8 Å². The van der Waals surface area contributed by atoms with Crippen LogP contribution in [0.1, 0.15) is 5.56 Å². The number of hydrogen-bond acceptors (Lipinski definition) is 3. The summed E-state index contributed by atoms with van der Waals surface area (Å²) in [4.78, 5) is 3.92. The Morgan fingerprint density at radius 2 is 2.36 bits per heavy atom. The first kappa shape index (κ1) is 6.22. The first-order valence-corrected chi connectivity index (χ1v) is 3.37. The Bertz CT molecular complexity index is 392. The maximum Gasteiger partial charge on any atom is 0.194 e. The highest BCUT2D eigenvalue weighted by Gasteiger charge is 2.05. The van der Waals surface area contributed by atoms with Crippen molar-refractivity contribution in [3.05, 3.63) is 24.0 Å². The maximum atomic E-state index is 5.56. The van der Waals surface area contributed by atoms with Gasteiger partial charge in [-0.15, -0.1) is 0 Å². The summed E-state index contributed by atoms with van der Waals surface area (Å²) < 4.78 is 5.21. The summed E-state index contributed by atoms with van der Waals surface area (Å²) in [7, 11) is 0. The smallest absolute Gasteiger partial charge is 0.194 e. The number of rotatable bonds is 0. The highest BCUT2D eigenvalue weighted by molar-refractivity contribution is 5.84. The number of anilines is 1. The van der Waals surface area contributed by atoms with Gasteiger partial charge in [0.2, 0.25) is 0 Å². The first-order chi connectivity index (χ1) is 5.29. The zero-order valence-electron chi connectivity index (χ0n) is 6.16. The number of furan rings is 1. The summed E-state index contributed by atoms with van der Waals surface area (Å²) in [6.45, 7) is 1.93. The Hall–Kier alpha value is -1.51. The lowest BCUT2D eigenvalue weighted by Gasteiger charge is -1.84. The normalized spacial score (nSPS) is 10.6. The zero-order valence-corrected chi connectivity index (χ0v) is 6.16. The molecule has 2 aromatic heterocycles. The molecule has 3 heteroatoms. The lowest BCUT2D eigenvalue weighted by Crippen LogP contribution is -1.81. The van der Waals surface area contributed by atoms with Crippen LogP contribution in [0, 0.1) is 6.92 Å². The molecule has 0 aromatic carbocycles. The Morgan fingerprint density at radius 1 is 1.55 bits per heavy atom. The SMILES string of the molecule is Cc1c(N)oc2cnccc12. The van der Waals surface area contributed by atoms with Gasteiger partial charge in [-0.3, -0.25) is 4.98 Å². The third-order valence-corrected chi connectivity index (χ3v) is 1.78. The van der Waals surface area contributed by atoms with Crippen LogP contribution in [0.5, 0.6) is 0 Å². The van der Waals surface area contributed by atoms with Crippen LogP contribution >= 0.6 is 0 Å². The van der Waals surface area contributed by atoms with Crippen molar-refractivity contribution in [2.75, 3.05) is 5.73 Å². The molecule has 0 spiro atoms. The van der Waals surface area contributed by atoms with E-state index in [1.54, 1.807) is 12.4 Å². The quantitative estimate of drug-likeness (QED) is 0.618. The van der Waals surface area contributed by atoms with Crippen LogP contribution in [0.15, 0.2) is 22.9 Å². The first-order valence-electron chi connectivity index (χ1n) is 3.37. The van der Waals surface area contributed by atoms with Gasteiger partial charge in [-0.25, -0.2) is 0 Å². The topological polar surface area (TPSA) is 52.0 Å². The van der Waals surface area contributed by atoms with E-state index in [-0.39, 0.29) is 0 Å². The molecule has 11 heavy (non-hydrogen) atoms. The van der Waals surface area contributed by atoms with Crippen molar-refractivity contribution in [3.8, 4) is 0 Å². The summed E-state index contributed by atoms with van der Waals surface area (Å²) >= 11 is 0. The van der Waals surface area contributed by atoms with Gasteiger partial charge in [-0.05, 0) is 13.0 Å². The van der Waals surface area contributed by atoms with E-state index < -0.39 is 0 Å². The molecule has 0 fully saturated rings. The molecular formula is C8H8N2O. The van der Waals surface area contributed by atoms with E-state index in [1.165, 1.54) is 0 Å². The molecule has 0 aliphatic rings. The second kappa shape index (κ2) is 1.99. The Morgan fingerprint density at radius 3 is 3.09 bits per heavy atom. The fourth-order valence-electron chi connectivity index (χ4n) is 1.10. The van der Waals surface area contributed by atoms with Gasteiger partial charge in [-0.2, -0.15) is 0 Å². The molecule has 0 atom stereocenters. The minimum atomic E-state index is 0.480. The van der Waals surface area contributed by atoms with Gasteiger partial charge in [0.1, 0.15) is 0 Å². The Kier molecular flexibility index (Phi) is 1.12. The molecule has 0 radical (unpaired) electrons. The standard InChI is InChI=1S/C8H8N2O/c1-5-6-2-3-10-4-7(6)11-8(5)9/h2-4H,9H2,1H3. The summed E-state index contributed by atoms with van der Waals surface area (Å²) in [5.41, 5.74) is 7.30. The predicted molar refractivity (Wildman–Crippen MR) is 43.2 cm³/mol. The van der Waals surface area contributed by atoms with Crippen molar-refractivity contribution in [2.45, 2.75) is 6.92 Å². The predicted octanol–water partition coefficient (Wildman–Crippen LogP) is 1.72. The minimum Gasteiger partial charge on any atom is -0.439 e. The molecule has 0 aliphatic carbocycles. The number of nitrogen functional groups attached to an aromatic ring is 1. The molecule has 0 saturated heterocycles. The average molecular weight is 148 g/mol. The number of nitrogens with two attached hydrogens (primary N) is 1. The molecule has 0 amide bonds. The minimum absolute atomic E-state index is 0.480. The van der Waals surface area contributed by atoms with Gasteiger partial charge in [0.05, 0.1) is 6.20 Å². The highest BCUT2D eigenvalue weighted by Crippen LogP contribution is 2.25. The number of fused-ring (bicyclic) bond motifs is 1. The van der Waals surface area contributed by atoms with E-state index in [0.717, 1.165) is 16.5 Å². The third kappa shape index (κ3) is 0.774. The fourth-order valence-corrected chi connectivity index (χ4v) is 1.10. The van der Waals surface area contributed by atoms with E-state index in [1.807, 2.05) is 13.0 Å². The van der Waals surface area contributed by atoms with Crippen LogP contribution in [-0.4, -0.2) is 4.98 Å². The molecule has 0 bridgehead atoms. The van der Waals surface area contributed by atoms with Crippen molar-refractivity contribution in [1.29, 1.82) is 0 Å². The monoisotopic (exact) mass is 148 g/mol. The molecule has 0 saturated carbocycles. The molecule has 0 unspecified atom stereocenters. The van der Waals surface area contributed by atoms with Crippen LogP contribution in [-0.2, 0) is 0 Å². The maximum absolute atomic E-state index is 5.56. The molecule has 2 N–H and O–H groups in total. The van der Waals surface area contributed by atoms with E-state index in [0.29, 0.717) is 5.88 Å². The lowest BCUT2D eigenvalue weighted by atomic mass is 10.2. The largest absolute Gasteiger partial charge is 0.439 e. The number of aromatic nitrogens is 1. The Balaban J connectivity index is 2.92. The van der Waals surface area contributed by atoms with Crippen molar-refractivity contribution in [1.82, 2.24) is 4.98 Å². The molecule has 56 valence electrons. The van der Waals surface area contributed by atoms with Gasteiger partial charge in [0.15, 0.2) is 11.5 Å². The average Bonchev–Trinajstić information content (AvgIpc) is 2.30. The molecule has 2 heterocycles. The van der Waals surface area contributed by atoms with Crippen molar-refractivity contribution in [2.24, 2.45) is 0 Å². The van der Waals surface area contributed by atoms with Crippen LogP contribution < -0.4 is 5.73 Å². The lowest BCUT2D eigenvalue weighted by molar-refractivity contribution is 0.633. The number of aryl methyl sites for hydroxylation is 1. The van der Waals surface area contributed by atoms with E-state index in [9.17, 15) is 0 Å². The number of pyridine rings is 1. The van der Waals surface area contributed by atoms with Crippen molar-refractivity contribution >= 4 is 16.9 Å². The van der Waals surface area contributed by atoms with E-state index >= 15 is 0 Å². The molecular weight excluding hydrogens is 140 g/mol. The van der Waals surface area contributed by atoms with Gasteiger partial charge in [0.25, 0.3) is 0 Å². The van der Waals surface area contributed by atoms with Crippen LogP contribution in [0.4, 0.5) is 5.88 Å². The van der Waals surface area contributed by atoms with Crippen LogP contribution in [0.25, 0.3) is 11.0 Å². The molecule has 2 rings (SSSR count). The van der Waals surface area contributed by atoms with Gasteiger partial charge < -0.3 is 10.2 Å². The van der Waals surface area contributed by atoms with E-state index in [4.69, 9.17) is 10.2 Å². The number of nitrogens with zero attached hydrogens (tertiary/aromatic N) is 1. The van der Waals surface area contributed by atoms with Crippen LogP contribution in [0.3, 0.4) is 0 Å². The third-order valence-electron chi connectivity index (χ3n) is 1.78. The molecule has 2 aromatic rings. The fraction of sp³-hybridized carbons (Fsp3) is 0.125. The van der Waals surface area contributed by atoms with Gasteiger partial charge in [-0.1, -0.05) is 0 Å². The summed E-state index contributed by atoms with van der Waals surface area (Å²) in [5.74, 6) is 0.480. The van der Waals surface area contributed by atoms with Gasteiger partial charge in [0, 0.05) is 17.1 Å².